The minimum Gasteiger partial charge on any atom is -0.390 e. The topological polar surface area (TPSA) is 34.4 Å². The molecule has 0 bridgehead atoms. The second-order valence-electron chi connectivity index (χ2n) is 6.72. The van der Waals surface area contributed by atoms with E-state index in [9.17, 15) is 5.11 Å². The van der Waals surface area contributed by atoms with Crippen molar-refractivity contribution in [2.24, 2.45) is 7.05 Å². The molecule has 0 saturated carbocycles. The lowest BCUT2D eigenvalue weighted by atomic mass is 10.2. The number of hydrogen-bond acceptors (Lipinski definition) is 2. The van der Waals surface area contributed by atoms with E-state index in [0.29, 0.717) is 6.61 Å². The van der Waals surface area contributed by atoms with E-state index in [1.807, 2.05) is 17.7 Å². The number of aliphatic hydroxyl groups is 1. The maximum Gasteiger partial charge on any atom is 0.0833 e. The third-order valence-corrected chi connectivity index (χ3v) is 6.17. The SMILES string of the molecule is Cn1c(CO)cc2cc(Br)c(COCC[Si](C)(C)C)cc21. The molecule has 1 aromatic carbocycles. The Labute approximate surface area is 136 Å². The van der Waals surface area contributed by atoms with E-state index in [2.05, 4.69) is 47.7 Å². The van der Waals surface area contributed by atoms with E-state index in [-0.39, 0.29) is 6.61 Å². The van der Waals surface area contributed by atoms with Gasteiger partial charge in [-0.3, -0.25) is 0 Å². The lowest BCUT2D eigenvalue weighted by Crippen LogP contribution is -2.21. The predicted octanol–water partition coefficient (Wildman–Crippen LogP) is 4.29. The summed E-state index contributed by atoms with van der Waals surface area (Å²) in [4.78, 5) is 0. The van der Waals surface area contributed by atoms with Crippen LogP contribution < -0.4 is 0 Å². The van der Waals surface area contributed by atoms with Crippen LogP contribution in [0, 0.1) is 0 Å². The van der Waals surface area contributed by atoms with Crippen molar-refractivity contribution >= 4 is 34.9 Å². The molecule has 0 radical (unpaired) electrons. The predicted molar refractivity (Wildman–Crippen MR) is 94.4 cm³/mol. The molecule has 0 atom stereocenters. The van der Waals surface area contributed by atoms with Crippen molar-refractivity contribution in [1.29, 1.82) is 0 Å². The molecule has 2 aromatic rings. The fourth-order valence-corrected chi connectivity index (χ4v) is 3.51. The van der Waals surface area contributed by atoms with E-state index in [1.54, 1.807) is 0 Å². The number of benzene rings is 1. The minimum absolute atomic E-state index is 0.0604. The molecule has 5 heteroatoms. The summed E-state index contributed by atoms with van der Waals surface area (Å²) in [6, 6.07) is 7.46. The van der Waals surface area contributed by atoms with Crippen LogP contribution >= 0.6 is 15.9 Å². The minimum atomic E-state index is -1.03. The Morgan fingerprint density at radius 1 is 1.24 bits per heavy atom. The van der Waals surface area contributed by atoms with Gasteiger partial charge in [0.05, 0.1) is 13.2 Å². The summed E-state index contributed by atoms with van der Waals surface area (Å²) >= 11 is 3.62. The van der Waals surface area contributed by atoms with Gasteiger partial charge < -0.3 is 14.4 Å². The van der Waals surface area contributed by atoms with Crippen LogP contribution in [0.25, 0.3) is 10.9 Å². The Hall–Kier alpha value is -0.623. The van der Waals surface area contributed by atoms with Gasteiger partial charge in [-0.05, 0) is 29.8 Å². The highest BCUT2D eigenvalue weighted by Crippen LogP contribution is 2.27. The summed E-state index contributed by atoms with van der Waals surface area (Å²) < 4.78 is 8.95. The van der Waals surface area contributed by atoms with Crippen LogP contribution in [-0.2, 0) is 25.0 Å². The molecule has 0 unspecified atom stereocenters. The molecule has 2 rings (SSSR count). The second kappa shape index (κ2) is 6.65. The Balaban J connectivity index is 2.13. The van der Waals surface area contributed by atoms with Crippen molar-refractivity contribution in [2.45, 2.75) is 38.9 Å². The first kappa shape index (κ1) is 16.7. The van der Waals surface area contributed by atoms with E-state index in [1.165, 1.54) is 6.04 Å². The number of aromatic nitrogens is 1. The quantitative estimate of drug-likeness (QED) is 0.608. The lowest BCUT2D eigenvalue weighted by Gasteiger charge is -2.15. The normalized spacial score (nSPS) is 12.3. The molecule has 0 aliphatic carbocycles. The molecule has 1 heterocycles. The van der Waals surface area contributed by atoms with Gasteiger partial charge in [0.15, 0.2) is 0 Å². The number of rotatable bonds is 6. The van der Waals surface area contributed by atoms with Gasteiger partial charge in [0, 0.05) is 42.8 Å². The number of hydrogen-bond donors (Lipinski definition) is 1. The van der Waals surface area contributed by atoms with Crippen LogP contribution in [0.4, 0.5) is 0 Å². The lowest BCUT2D eigenvalue weighted by molar-refractivity contribution is 0.133. The fraction of sp³-hybridized carbons (Fsp3) is 0.500. The molecule has 116 valence electrons. The maximum atomic E-state index is 9.35. The largest absolute Gasteiger partial charge is 0.390 e. The van der Waals surface area contributed by atoms with Crippen molar-refractivity contribution in [3.8, 4) is 0 Å². The highest BCUT2D eigenvalue weighted by molar-refractivity contribution is 9.10. The van der Waals surface area contributed by atoms with Gasteiger partial charge in [-0.25, -0.2) is 0 Å². The van der Waals surface area contributed by atoms with E-state index >= 15 is 0 Å². The van der Waals surface area contributed by atoms with Crippen molar-refractivity contribution in [3.63, 3.8) is 0 Å². The smallest absolute Gasteiger partial charge is 0.0833 e. The van der Waals surface area contributed by atoms with Crippen molar-refractivity contribution in [1.82, 2.24) is 4.57 Å². The zero-order valence-electron chi connectivity index (χ0n) is 13.2. The maximum absolute atomic E-state index is 9.35. The van der Waals surface area contributed by atoms with Crippen LogP contribution in [0.5, 0.6) is 0 Å². The third kappa shape index (κ3) is 4.19. The molecular weight excluding hydrogens is 346 g/mol. The molecule has 0 saturated heterocycles. The van der Waals surface area contributed by atoms with Crippen LogP contribution in [0.15, 0.2) is 22.7 Å². The van der Waals surface area contributed by atoms with Gasteiger partial charge >= 0.3 is 0 Å². The number of aryl methyl sites for hydroxylation is 1. The van der Waals surface area contributed by atoms with Gasteiger partial charge in [-0.15, -0.1) is 0 Å². The summed E-state index contributed by atoms with van der Waals surface area (Å²) in [6.45, 7) is 8.59. The van der Waals surface area contributed by atoms with E-state index in [0.717, 1.165) is 33.2 Å². The van der Waals surface area contributed by atoms with Gasteiger partial charge in [0.25, 0.3) is 0 Å². The molecule has 21 heavy (non-hydrogen) atoms. The molecule has 1 N–H and O–H groups in total. The Morgan fingerprint density at radius 3 is 2.57 bits per heavy atom. The third-order valence-electron chi connectivity index (χ3n) is 3.73. The number of halogens is 1. The molecule has 0 aliphatic heterocycles. The van der Waals surface area contributed by atoms with E-state index < -0.39 is 8.07 Å². The second-order valence-corrected chi connectivity index (χ2v) is 13.2. The number of nitrogens with zero attached hydrogens (tertiary/aromatic N) is 1. The summed E-state index contributed by atoms with van der Waals surface area (Å²) in [7, 11) is 0.952. The first-order chi connectivity index (χ1) is 9.81. The molecular formula is C16H24BrNO2Si. The number of ether oxygens (including phenoxy) is 1. The van der Waals surface area contributed by atoms with Crippen molar-refractivity contribution in [3.05, 3.63) is 33.9 Å². The van der Waals surface area contributed by atoms with Crippen molar-refractivity contribution < 1.29 is 9.84 Å². The van der Waals surface area contributed by atoms with Crippen molar-refractivity contribution in [2.75, 3.05) is 6.61 Å². The van der Waals surface area contributed by atoms with E-state index in [4.69, 9.17) is 4.74 Å². The molecule has 0 spiro atoms. The van der Waals surface area contributed by atoms with Gasteiger partial charge in [-0.1, -0.05) is 35.6 Å². The molecule has 0 amide bonds. The monoisotopic (exact) mass is 369 g/mol. The number of aliphatic hydroxyl groups excluding tert-OH is 1. The van der Waals surface area contributed by atoms with Crippen LogP contribution in [0.3, 0.4) is 0 Å². The summed E-state index contributed by atoms with van der Waals surface area (Å²) in [5, 5.41) is 10.5. The fourth-order valence-electron chi connectivity index (χ4n) is 2.28. The molecule has 0 fully saturated rings. The molecule has 3 nitrogen and oxygen atoms in total. The Morgan fingerprint density at radius 2 is 1.95 bits per heavy atom. The Bertz CT molecular complexity index is 631. The standard InChI is InChI=1S/C16H24BrNO2Si/c1-18-14(10-19)7-12-8-15(17)13(9-16(12)18)11-20-5-6-21(2,3)4/h7-9,19H,5-6,10-11H2,1-4H3. The highest BCUT2D eigenvalue weighted by Gasteiger charge is 2.13. The zero-order chi connectivity index (χ0) is 15.6. The van der Waals surface area contributed by atoms with Crippen LogP contribution in [-0.4, -0.2) is 24.4 Å². The molecule has 0 aliphatic rings. The number of fused-ring (bicyclic) bond motifs is 1. The van der Waals surface area contributed by atoms with Gasteiger partial charge in [0.2, 0.25) is 0 Å². The Kier molecular flexibility index (Phi) is 5.30. The van der Waals surface area contributed by atoms with Crippen LogP contribution in [0.2, 0.25) is 25.7 Å². The van der Waals surface area contributed by atoms with Gasteiger partial charge in [-0.2, -0.15) is 0 Å². The average Bonchev–Trinajstić information content (AvgIpc) is 2.70. The summed E-state index contributed by atoms with van der Waals surface area (Å²) in [5.41, 5.74) is 3.21. The van der Waals surface area contributed by atoms with Gasteiger partial charge in [0.1, 0.15) is 0 Å². The average molecular weight is 370 g/mol. The first-order valence-corrected chi connectivity index (χ1v) is 11.8. The first-order valence-electron chi connectivity index (χ1n) is 7.27. The highest BCUT2D eigenvalue weighted by atomic mass is 79.9. The zero-order valence-corrected chi connectivity index (χ0v) is 15.8. The summed E-state index contributed by atoms with van der Waals surface area (Å²) in [6.07, 6.45) is 0. The molecule has 1 aromatic heterocycles. The van der Waals surface area contributed by atoms with Crippen LogP contribution in [0.1, 0.15) is 11.3 Å². The summed E-state index contributed by atoms with van der Waals surface area (Å²) in [5.74, 6) is 0.